The van der Waals surface area contributed by atoms with Crippen molar-refractivity contribution in [1.82, 2.24) is 0 Å². The van der Waals surface area contributed by atoms with E-state index in [2.05, 4.69) is 29.0 Å². The van der Waals surface area contributed by atoms with Crippen LogP contribution in [0.1, 0.15) is 30.0 Å². The first-order valence-corrected chi connectivity index (χ1v) is 8.60. The Balaban J connectivity index is 2.28. The number of hydrogen-bond acceptors (Lipinski definition) is 6. The highest BCUT2D eigenvalue weighted by molar-refractivity contribution is 5.68. The third-order valence-corrected chi connectivity index (χ3v) is 3.99. The Labute approximate surface area is 159 Å². The lowest BCUT2D eigenvalue weighted by Crippen LogP contribution is -1.93. The molecule has 0 aliphatic carbocycles. The van der Waals surface area contributed by atoms with Gasteiger partial charge >= 0.3 is 0 Å². The molecule has 6 nitrogen and oxygen atoms in total. The van der Waals surface area contributed by atoms with Gasteiger partial charge in [-0.25, -0.2) is 4.99 Å². The summed E-state index contributed by atoms with van der Waals surface area (Å²) in [4.78, 5) is 8.43. The summed E-state index contributed by atoms with van der Waals surface area (Å²) in [5.74, 6) is 1.94. The normalized spacial score (nSPS) is 9.74. The molecule has 0 amide bonds. The van der Waals surface area contributed by atoms with Crippen LogP contribution in [0.4, 0.5) is 5.69 Å². The van der Waals surface area contributed by atoms with E-state index in [-0.39, 0.29) is 0 Å². The molecule has 0 unspecified atom stereocenters. The quantitative estimate of drug-likeness (QED) is 0.644. The van der Waals surface area contributed by atoms with E-state index in [4.69, 9.17) is 14.2 Å². The maximum Gasteiger partial charge on any atom is 0.146 e. The Morgan fingerprint density at radius 2 is 1.78 bits per heavy atom. The van der Waals surface area contributed by atoms with Crippen LogP contribution >= 0.6 is 0 Å². The van der Waals surface area contributed by atoms with Crippen molar-refractivity contribution in [2.75, 3.05) is 21.3 Å². The number of methoxy groups -OCH3 is 3. The minimum atomic E-state index is 0.342. The van der Waals surface area contributed by atoms with Crippen molar-refractivity contribution in [3.8, 4) is 23.3 Å². The molecule has 2 aromatic carbocycles. The van der Waals surface area contributed by atoms with Crippen LogP contribution in [-0.2, 0) is 13.0 Å². The lowest BCUT2D eigenvalue weighted by atomic mass is 10.0. The molecule has 2 aromatic rings. The van der Waals surface area contributed by atoms with E-state index in [9.17, 15) is 5.26 Å². The Morgan fingerprint density at radius 3 is 2.41 bits per heavy atom. The summed E-state index contributed by atoms with van der Waals surface area (Å²) in [6, 6.07) is 14.1. The summed E-state index contributed by atoms with van der Waals surface area (Å²) in [6.45, 7) is 2.43. The molecule has 0 saturated heterocycles. The Kier molecular flexibility index (Phi) is 7.42. The van der Waals surface area contributed by atoms with Gasteiger partial charge in [0.25, 0.3) is 0 Å². The summed E-state index contributed by atoms with van der Waals surface area (Å²) in [5, 5.41) is 9.43. The second kappa shape index (κ2) is 10.0. The number of aliphatic imine (C=N–C) groups is 2. The Bertz CT molecular complexity index is 894. The van der Waals surface area contributed by atoms with Crippen molar-refractivity contribution >= 4 is 11.7 Å². The SMILES string of the molecule is CCCc1cc(C#N)c(N=C=NCc2ccc(OC)cc2OC)c(OC)c1. The average Bonchev–Trinajstić information content (AvgIpc) is 2.71. The first kappa shape index (κ1) is 20.0. The molecule has 6 heteroatoms. The van der Waals surface area contributed by atoms with Gasteiger partial charge in [-0.2, -0.15) is 10.3 Å². The zero-order valence-electron chi connectivity index (χ0n) is 16.1. The van der Waals surface area contributed by atoms with E-state index >= 15 is 0 Å². The number of hydrogen-bond donors (Lipinski definition) is 0. The average molecular weight is 365 g/mol. The highest BCUT2D eigenvalue weighted by atomic mass is 16.5. The fourth-order valence-corrected chi connectivity index (χ4v) is 2.64. The van der Waals surface area contributed by atoms with Crippen molar-refractivity contribution in [2.45, 2.75) is 26.3 Å². The predicted molar refractivity (Wildman–Crippen MR) is 104 cm³/mol. The van der Waals surface area contributed by atoms with Crippen LogP contribution in [0.25, 0.3) is 0 Å². The molecule has 0 aliphatic rings. The number of ether oxygens (including phenoxy) is 3. The maximum absolute atomic E-state index is 9.43. The molecule has 0 bridgehead atoms. The van der Waals surface area contributed by atoms with Crippen LogP contribution in [0.15, 0.2) is 40.3 Å². The lowest BCUT2D eigenvalue weighted by Gasteiger charge is -2.08. The summed E-state index contributed by atoms with van der Waals surface area (Å²) in [5.41, 5.74) is 2.81. The number of nitriles is 1. The van der Waals surface area contributed by atoms with E-state index in [1.807, 2.05) is 24.3 Å². The van der Waals surface area contributed by atoms with Gasteiger partial charge in [-0.1, -0.05) is 13.3 Å². The molecule has 0 spiro atoms. The molecule has 0 N–H and O–H groups in total. The Morgan fingerprint density at radius 1 is 1.00 bits per heavy atom. The number of nitrogens with zero attached hydrogens (tertiary/aromatic N) is 3. The van der Waals surface area contributed by atoms with Gasteiger partial charge in [0.15, 0.2) is 0 Å². The number of benzene rings is 2. The van der Waals surface area contributed by atoms with E-state index in [1.54, 1.807) is 27.4 Å². The third-order valence-electron chi connectivity index (χ3n) is 3.99. The van der Waals surface area contributed by atoms with Gasteiger partial charge in [0.2, 0.25) is 0 Å². The van der Waals surface area contributed by atoms with Crippen molar-refractivity contribution in [3.05, 3.63) is 47.0 Å². The first-order valence-electron chi connectivity index (χ1n) is 8.60. The van der Waals surface area contributed by atoms with E-state index in [0.29, 0.717) is 35.0 Å². The van der Waals surface area contributed by atoms with E-state index in [0.717, 1.165) is 24.0 Å². The predicted octanol–water partition coefficient (Wildman–Crippen LogP) is 4.54. The van der Waals surface area contributed by atoms with E-state index < -0.39 is 0 Å². The second-order valence-corrected chi connectivity index (χ2v) is 5.76. The van der Waals surface area contributed by atoms with Crippen LogP contribution in [-0.4, -0.2) is 27.3 Å². The number of aryl methyl sites for hydroxylation is 1. The van der Waals surface area contributed by atoms with Gasteiger partial charge < -0.3 is 14.2 Å². The largest absolute Gasteiger partial charge is 0.497 e. The fraction of sp³-hybridized carbons (Fsp3) is 0.333. The molecule has 0 aliphatic heterocycles. The molecule has 0 aromatic heterocycles. The summed E-state index contributed by atoms with van der Waals surface area (Å²) in [7, 11) is 4.76. The molecular formula is C21H23N3O3. The van der Waals surface area contributed by atoms with Crippen molar-refractivity contribution in [2.24, 2.45) is 9.98 Å². The smallest absolute Gasteiger partial charge is 0.146 e. The molecule has 140 valence electrons. The van der Waals surface area contributed by atoms with Gasteiger partial charge in [-0.3, -0.25) is 0 Å². The summed E-state index contributed by atoms with van der Waals surface area (Å²) < 4.78 is 15.9. The first-order chi connectivity index (χ1) is 13.2. The molecule has 0 heterocycles. The van der Waals surface area contributed by atoms with Crippen molar-refractivity contribution in [1.29, 1.82) is 5.26 Å². The highest BCUT2D eigenvalue weighted by Gasteiger charge is 2.10. The monoisotopic (exact) mass is 365 g/mol. The third kappa shape index (κ3) is 5.10. The van der Waals surface area contributed by atoms with Crippen molar-refractivity contribution in [3.63, 3.8) is 0 Å². The molecule has 0 atom stereocenters. The summed E-state index contributed by atoms with van der Waals surface area (Å²) in [6.07, 6.45) is 1.86. The van der Waals surface area contributed by atoms with Crippen LogP contribution in [0.2, 0.25) is 0 Å². The van der Waals surface area contributed by atoms with Gasteiger partial charge in [0.1, 0.15) is 29.0 Å². The van der Waals surface area contributed by atoms with Crippen LogP contribution in [0.3, 0.4) is 0 Å². The highest BCUT2D eigenvalue weighted by Crippen LogP contribution is 2.33. The topological polar surface area (TPSA) is 76.2 Å². The standard InChI is InChI=1S/C21H23N3O3/c1-5-6-15-9-17(12-22)21(20(10-15)27-4)24-14-23-13-16-7-8-18(25-2)11-19(16)26-3/h7-11H,5-6,13H2,1-4H3. The fourth-order valence-electron chi connectivity index (χ4n) is 2.64. The maximum atomic E-state index is 9.43. The van der Waals surface area contributed by atoms with E-state index in [1.165, 1.54) is 0 Å². The van der Waals surface area contributed by atoms with Crippen molar-refractivity contribution < 1.29 is 14.2 Å². The van der Waals surface area contributed by atoms with Crippen LogP contribution in [0.5, 0.6) is 17.2 Å². The Hall–Kier alpha value is -3.29. The lowest BCUT2D eigenvalue weighted by molar-refractivity contribution is 0.391. The van der Waals surface area contributed by atoms with Gasteiger partial charge in [-0.15, -0.1) is 0 Å². The summed E-state index contributed by atoms with van der Waals surface area (Å²) >= 11 is 0. The van der Waals surface area contributed by atoms with Crippen LogP contribution in [0, 0.1) is 11.3 Å². The minimum absolute atomic E-state index is 0.342. The van der Waals surface area contributed by atoms with Gasteiger partial charge in [-0.05, 0) is 36.2 Å². The molecule has 0 fully saturated rings. The van der Waals surface area contributed by atoms with Gasteiger partial charge in [0, 0.05) is 11.6 Å². The minimum Gasteiger partial charge on any atom is -0.497 e. The van der Waals surface area contributed by atoms with Crippen LogP contribution < -0.4 is 14.2 Å². The molecular weight excluding hydrogens is 342 g/mol. The second-order valence-electron chi connectivity index (χ2n) is 5.76. The molecule has 27 heavy (non-hydrogen) atoms. The zero-order chi connectivity index (χ0) is 19.6. The number of rotatable bonds is 8. The zero-order valence-corrected chi connectivity index (χ0v) is 16.1. The molecule has 0 saturated carbocycles. The van der Waals surface area contributed by atoms with Gasteiger partial charge in [0.05, 0.1) is 39.4 Å². The molecule has 0 radical (unpaired) electrons. The molecule has 2 rings (SSSR count).